The zero-order chi connectivity index (χ0) is 7.68. The van der Waals surface area contributed by atoms with Crippen LogP contribution < -0.4 is 5.84 Å². The summed E-state index contributed by atoms with van der Waals surface area (Å²) in [5.41, 5.74) is 0.565. The zero-order valence-electron chi connectivity index (χ0n) is 5.74. The first-order valence-corrected chi connectivity index (χ1v) is 3.18. The van der Waals surface area contributed by atoms with E-state index in [9.17, 15) is 0 Å². The molecule has 5 heteroatoms. The van der Waals surface area contributed by atoms with Gasteiger partial charge in [-0.25, -0.2) is 0 Å². The van der Waals surface area contributed by atoms with E-state index in [1.54, 1.807) is 12.4 Å². The average molecular weight is 152 g/mol. The van der Waals surface area contributed by atoms with E-state index in [4.69, 9.17) is 10.3 Å². The van der Waals surface area contributed by atoms with Gasteiger partial charge in [0.1, 0.15) is 11.6 Å². The number of nitrogens with two attached hydrogens (primary N) is 1. The number of H-pyrrole nitrogens is 2. The number of nitrogen functional groups attached to an aromatic ring is 1. The second kappa shape index (κ2) is 2.12. The molecule has 4 N–H and O–H groups in total. The lowest BCUT2D eigenvalue weighted by molar-refractivity contribution is 0.444. The van der Waals surface area contributed by atoms with Crippen molar-refractivity contribution in [1.29, 1.82) is 0 Å². The van der Waals surface area contributed by atoms with E-state index < -0.39 is 0 Å². The lowest BCUT2D eigenvalue weighted by Gasteiger charge is -1.99. The van der Waals surface area contributed by atoms with E-state index >= 15 is 0 Å². The van der Waals surface area contributed by atoms with E-state index in [2.05, 4.69) is 10.1 Å². The van der Waals surface area contributed by atoms with Crippen LogP contribution in [0.5, 0.6) is 0 Å². The minimum Gasteiger partial charge on any atom is -0.443 e. The fourth-order valence-electron chi connectivity index (χ4n) is 0.913. The molecule has 2 aliphatic rings. The van der Waals surface area contributed by atoms with Crippen LogP contribution in [0, 0.1) is 10.9 Å². The van der Waals surface area contributed by atoms with Gasteiger partial charge in [-0.05, 0) is 6.07 Å². The van der Waals surface area contributed by atoms with Crippen LogP contribution in [0.3, 0.4) is 0 Å². The van der Waals surface area contributed by atoms with Crippen molar-refractivity contribution in [3.05, 3.63) is 35.6 Å². The molecule has 0 atom stereocenters. The number of aromatic nitrogens is 3. The number of aromatic amines is 2. The molecule has 5 nitrogen and oxygen atoms in total. The first-order chi connectivity index (χ1) is 5.38. The van der Waals surface area contributed by atoms with Crippen LogP contribution >= 0.6 is 0 Å². The van der Waals surface area contributed by atoms with Crippen molar-refractivity contribution in [3.63, 3.8) is 0 Å². The molecule has 2 rings (SSSR count). The lowest BCUT2D eigenvalue weighted by Crippen LogP contribution is -2.14. The van der Waals surface area contributed by atoms with Gasteiger partial charge in [0, 0.05) is 12.4 Å². The van der Waals surface area contributed by atoms with Crippen molar-refractivity contribution in [2.45, 2.75) is 0 Å². The molecule has 0 spiro atoms. The summed E-state index contributed by atoms with van der Waals surface area (Å²) in [5, 5.41) is 3.60. The second-order valence-electron chi connectivity index (χ2n) is 2.12. The van der Waals surface area contributed by atoms with E-state index in [-0.39, 0.29) is 0 Å². The van der Waals surface area contributed by atoms with Gasteiger partial charge in [0.15, 0.2) is 0 Å². The number of hydrogen-bond donors (Lipinski definition) is 3. The van der Waals surface area contributed by atoms with Crippen LogP contribution in [0.25, 0.3) is 0 Å². The van der Waals surface area contributed by atoms with Gasteiger partial charge in [0.25, 0.3) is 5.55 Å². The summed E-state index contributed by atoms with van der Waals surface area (Å²) >= 11 is 0. The van der Waals surface area contributed by atoms with Gasteiger partial charge in [-0.15, -0.1) is 0 Å². The SMILES string of the molecule is Nn1[nH]ccc2[nH]ccoc1=2. The molecule has 2 heterocycles. The predicted octanol–water partition coefficient (Wildman–Crippen LogP) is 0.300. The normalized spacial score (nSPS) is 10.2. The molecular weight excluding hydrogens is 144 g/mol. The van der Waals surface area contributed by atoms with E-state index in [1.165, 1.54) is 11.1 Å². The van der Waals surface area contributed by atoms with Gasteiger partial charge in [-0.1, -0.05) is 0 Å². The number of nitrogens with one attached hydrogen (secondary N) is 2. The molecule has 58 valence electrons. The van der Waals surface area contributed by atoms with Crippen molar-refractivity contribution in [2.24, 2.45) is 0 Å². The fraction of sp³-hybridized carbons (Fsp3) is 0. The predicted molar refractivity (Wildman–Crippen MR) is 38.5 cm³/mol. The second-order valence-corrected chi connectivity index (χ2v) is 2.12. The van der Waals surface area contributed by atoms with Crippen molar-refractivity contribution in [2.75, 3.05) is 5.84 Å². The topological polar surface area (TPSA) is 75.7 Å². The van der Waals surface area contributed by atoms with Crippen molar-refractivity contribution >= 4 is 0 Å². The Labute approximate surface area is 61.7 Å². The Morgan fingerprint density at radius 2 is 2.36 bits per heavy atom. The summed E-state index contributed by atoms with van der Waals surface area (Å²) in [6, 6.07) is 1.84. The molecule has 0 fully saturated rings. The van der Waals surface area contributed by atoms with Gasteiger partial charge >= 0.3 is 0 Å². The molecule has 0 unspecified atom stereocenters. The van der Waals surface area contributed by atoms with Gasteiger partial charge in [0.05, 0.1) is 0 Å². The Kier molecular flexibility index (Phi) is 1.15. The Balaban J connectivity index is 3.06. The number of rotatable bonds is 0. The molecule has 0 saturated carbocycles. The summed E-state index contributed by atoms with van der Waals surface area (Å²) in [5.74, 6) is 5.50. The van der Waals surface area contributed by atoms with Crippen LogP contribution in [-0.2, 0) is 0 Å². The Hall–Kier alpha value is -1.78. The monoisotopic (exact) mass is 152 g/mol. The van der Waals surface area contributed by atoms with Crippen LogP contribution in [0.2, 0.25) is 0 Å². The van der Waals surface area contributed by atoms with Gasteiger partial charge in [-0.2, -0.15) is 4.79 Å². The number of hydrogen-bond acceptors (Lipinski definition) is 2. The minimum atomic E-state index is 0.565. The molecular formula is C6H8N4O. The largest absolute Gasteiger partial charge is 0.443 e. The minimum absolute atomic E-state index is 0.565. The fourth-order valence-corrected chi connectivity index (χ4v) is 0.913. The molecule has 0 aromatic heterocycles. The smallest absolute Gasteiger partial charge is 0.257 e. The molecule has 0 aliphatic carbocycles. The standard InChI is InChI=1S/C6H8N4O/c7-10-6-5(1-2-9-10)8-3-4-11-6/h1-4,8-9H,7H2. The first kappa shape index (κ1) is 5.96. The van der Waals surface area contributed by atoms with Crippen molar-refractivity contribution in [1.82, 2.24) is 14.9 Å². The van der Waals surface area contributed by atoms with E-state index in [1.807, 2.05) is 6.07 Å². The third-order valence-corrected chi connectivity index (χ3v) is 1.40. The highest BCUT2D eigenvalue weighted by Gasteiger charge is 1.89. The van der Waals surface area contributed by atoms with Crippen molar-refractivity contribution in [3.8, 4) is 0 Å². The highest BCUT2D eigenvalue weighted by atomic mass is 16.3. The Bertz CT molecular complexity index is 422. The van der Waals surface area contributed by atoms with Crippen LogP contribution in [0.4, 0.5) is 0 Å². The molecule has 0 bridgehead atoms. The molecule has 0 amide bonds. The van der Waals surface area contributed by atoms with Gasteiger partial charge in [0.2, 0.25) is 0 Å². The molecule has 0 radical (unpaired) electrons. The summed E-state index contributed by atoms with van der Waals surface area (Å²) in [7, 11) is 0. The third-order valence-electron chi connectivity index (χ3n) is 1.40. The highest BCUT2D eigenvalue weighted by Crippen LogP contribution is 1.90. The van der Waals surface area contributed by atoms with Gasteiger partial charge < -0.3 is 15.2 Å². The summed E-state index contributed by atoms with van der Waals surface area (Å²) in [4.78, 5) is 4.27. The maximum atomic E-state index is 5.50. The summed E-state index contributed by atoms with van der Waals surface area (Å²) < 4.78 is 5.12. The first-order valence-electron chi connectivity index (χ1n) is 3.18. The van der Waals surface area contributed by atoms with Crippen LogP contribution in [-0.4, -0.2) is 14.9 Å². The lowest BCUT2D eigenvalue weighted by atomic mass is 10.5. The van der Waals surface area contributed by atoms with E-state index in [0.29, 0.717) is 5.55 Å². The third kappa shape index (κ3) is 0.861. The quantitative estimate of drug-likeness (QED) is 0.475. The van der Waals surface area contributed by atoms with Crippen molar-refractivity contribution < 1.29 is 4.42 Å². The summed E-state index contributed by atoms with van der Waals surface area (Å²) in [6.45, 7) is 0. The zero-order valence-corrected chi connectivity index (χ0v) is 5.74. The molecule has 0 saturated heterocycles. The summed E-state index contributed by atoms with van der Waals surface area (Å²) in [6.07, 6.45) is 4.94. The highest BCUT2D eigenvalue weighted by molar-refractivity contribution is 4.87. The van der Waals surface area contributed by atoms with Gasteiger partial charge in [-0.3, -0.25) is 5.10 Å². The maximum Gasteiger partial charge on any atom is 0.257 e. The van der Waals surface area contributed by atoms with Crippen LogP contribution in [0.1, 0.15) is 0 Å². The molecule has 2 aliphatic heterocycles. The molecule has 0 aromatic rings. The average Bonchev–Trinajstić information content (AvgIpc) is 2.06. The molecule has 11 heavy (non-hydrogen) atoms. The van der Waals surface area contributed by atoms with Crippen LogP contribution in [0.15, 0.2) is 29.1 Å². The molecule has 0 aromatic carbocycles. The maximum absolute atomic E-state index is 5.50. The Morgan fingerprint density at radius 3 is 3.18 bits per heavy atom. The van der Waals surface area contributed by atoms with E-state index in [0.717, 1.165) is 5.35 Å². The Morgan fingerprint density at radius 1 is 1.45 bits per heavy atom. The number of nitrogens with zero attached hydrogens (tertiary/aromatic N) is 1.